The molecule has 1 aromatic rings. The van der Waals surface area contributed by atoms with Crippen molar-refractivity contribution in [2.75, 3.05) is 70.9 Å². The molecule has 0 aliphatic carbocycles. The lowest BCUT2D eigenvalue weighted by Gasteiger charge is -2.41. The summed E-state index contributed by atoms with van der Waals surface area (Å²) in [6, 6.07) is 1.86. The van der Waals surface area contributed by atoms with Gasteiger partial charge in [-0.15, -0.1) is 0 Å². The summed E-state index contributed by atoms with van der Waals surface area (Å²) in [5.41, 5.74) is 0.147. The van der Waals surface area contributed by atoms with Crippen molar-refractivity contribution in [1.29, 1.82) is 0 Å². The Labute approximate surface area is 175 Å². The van der Waals surface area contributed by atoms with Gasteiger partial charge >= 0.3 is 0 Å². The standard InChI is InChI=1S/C21H38N8/c1-21(2,29-11-5-4-6-12-29)18-26-19(22-3)23-10-13-27-14-16-28(17-15-27)20-24-8-7-9-25-20/h7-9H,4-6,10-18H2,1-3H3,(H2,22,23,26). The van der Waals surface area contributed by atoms with Crippen molar-refractivity contribution in [3.8, 4) is 0 Å². The van der Waals surface area contributed by atoms with Gasteiger partial charge in [-0.05, 0) is 45.8 Å². The van der Waals surface area contributed by atoms with E-state index >= 15 is 0 Å². The second kappa shape index (κ2) is 10.7. The van der Waals surface area contributed by atoms with Crippen molar-refractivity contribution < 1.29 is 0 Å². The number of nitrogens with one attached hydrogen (secondary N) is 2. The third kappa shape index (κ3) is 6.54. The molecule has 8 nitrogen and oxygen atoms in total. The van der Waals surface area contributed by atoms with E-state index in [1.54, 1.807) is 0 Å². The van der Waals surface area contributed by atoms with E-state index in [1.807, 2.05) is 25.5 Å². The van der Waals surface area contributed by atoms with Gasteiger partial charge in [0, 0.05) is 70.8 Å². The Morgan fingerprint density at radius 1 is 1.00 bits per heavy atom. The molecular formula is C21H38N8. The van der Waals surface area contributed by atoms with Crippen molar-refractivity contribution >= 4 is 11.9 Å². The minimum Gasteiger partial charge on any atom is -0.355 e. The summed E-state index contributed by atoms with van der Waals surface area (Å²) in [5.74, 6) is 1.73. The van der Waals surface area contributed by atoms with Gasteiger partial charge in [0.05, 0.1) is 0 Å². The fourth-order valence-corrected chi connectivity index (χ4v) is 4.09. The Morgan fingerprint density at radius 3 is 2.34 bits per heavy atom. The smallest absolute Gasteiger partial charge is 0.225 e. The summed E-state index contributed by atoms with van der Waals surface area (Å²) in [5, 5.41) is 7.00. The minimum atomic E-state index is 0.147. The lowest BCUT2D eigenvalue weighted by Crippen LogP contribution is -2.55. The van der Waals surface area contributed by atoms with Gasteiger partial charge in [0.2, 0.25) is 5.95 Å². The summed E-state index contributed by atoms with van der Waals surface area (Å²) in [6.07, 6.45) is 7.63. The molecule has 3 rings (SSSR count). The molecule has 2 fully saturated rings. The van der Waals surface area contributed by atoms with E-state index in [4.69, 9.17) is 0 Å². The fraction of sp³-hybridized carbons (Fsp3) is 0.762. The number of rotatable bonds is 7. The Hall–Kier alpha value is -1.93. The van der Waals surface area contributed by atoms with E-state index in [0.717, 1.165) is 57.7 Å². The maximum absolute atomic E-state index is 4.40. The summed E-state index contributed by atoms with van der Waals surface area (Å²) < 4.78 is 0. The largest absolute Gasteiger partial charge is 0.355 e. The van der Waals surface area contributed by atoms with Gasteiger partial charge < -0.3 is 15.5 Å². The van der Waals surface area contributed by atoms with Gasteiger partial charge in [0.1, 0.15) is 0 Å². The predicted molar refractivity (Wildman–Crippen MR) is 120 cm³/mol. The zero-order valence-corrected chi connectivity index (χ0v) is 18.4. The normalized spacial score (nSPS) is 20.0. The third-order valence-electron chi connectivity index (χ3n) is 6.05. The first kappa shape index (κ1) is 21.8. The SMILES string of the molecule is CN=C(NCCN1CCN(c2ncccn2)CC1)NCC(C)(C)N1CCCCC1. The number of hydrogen-bond donors (Lipinski definition) is 2. The second-order valence-corrected chi connectivity index (χ2v) is 8.59. The van der Waals surface area contributed by atoms with Crippen molar-refractivity contribution in [2.45, 2.75) is 38.6 Å². The molecule has 8 heteroatoms. The molecule has 162 valence electrons. The molecule has 0 bridgehead atoms. The van der Waals surface area contributed by atoms with Crippen molar-refractivity contribution in [3.63, 3.8) is 0 Å². The molecule has 0 unspecified atom stereocenters. The topological polar surface area (TPSA) is 71.9 Å². The number of likely N-dealkylation sites (tertiary alicyclic amines) is 1. The molecule has 0 atom stereocenters. The zero-order valence-electron chi connectivity index (χ0n) is 18.4. The highest BCUT2D eigenvalue weighted by molar-refractivity contribution is 5.79. The highest BCUT2D eigenvalue weighted by Gasteiger charge is 2.28. The highest BCUT2D eigenvalue weighted by atomic mass is 15.3. The quantitative estimate of drug-likeness (QED) is 0.521. The Bertz CT molecular complexity index is 619. The molecule has 3 heterocycles. The van der Waals surface area contributed by atoms with Crippen LogP contribution in [-0.4, -0.2) is 97.2 Å². The van der Waals surface area contributed by atoms with E-state index in [1.165, 1.54) is 32.4 Å². The Kier molecular flexibility index (Phi) is 8.06. The van der Waals surface area contributed by atoms with Crippen LogP contribution >= 0.6 is 0 Å². The van der Waals surface area contributed by atoms with E-state index < -0.39 is 0 Å². The van der Waals surface area contributed by atoms with Gasteiger partial charge in [-0.25, -0.2) is 9.97 Å². The Balaban J connectivity index is 1.34. The van der Waals surface area contributed by atoms with Crippen LogP contribution in [0.25, 0.3) is 0 Å². The average Bonchev–Trinajstić information content (AvgIpc) is 2.78. The number of nitrogens with zero attached hydrogens (tertiary/aromatic N) is 6. The number of aromatic nitrogens is 2. The number of aliphatic imine (C=N–C) groups is 1. The van der Waals surface area contributed by atoms with Crippen LogP contribution in [0.3, 0.4) is 0 Å². The number of piperidine rings is 1. The van der Waals surface area contributed by atoms with Crippen LogP contribution in [0.4, 0.5) is 5.95 Å². The molecule has 0 saturated carbocycles. The maximum atomic E-state index is 4.40. The van der Waals surface area contributed by atoms with Crippen LogP contribution in [0, 0.1) is 0 Å². The van der Waals surface area contributed by atoms with Crippen LogP contribution in [0.5, 0.6) is 0 Å². The molecule has 0 radical (unpaired) electrons. The summed E-state index contributed by atoms with van der Waals surface area (Å²) in [4.78, 5) is 20.5. The minimum absolute atomic E-state index is 0.147. The highest BCUT2D eigenvalue weighted by Crippen LogP contribution is 2.19. The molecule has 1 aromatic heterocycles. The molecular weight excluding hydrogens is 364 g/mol. The van der Waals surface area contributed by atoms with Crippen molar-refractivity contribution in [2.24, 2.45) is 4.99 Å². The Morgan fingerprint density at radius 2 is 1.69 bits per heavy atom. The van der Waals surface area contributed by atoms with Crippen LogP contribution in [-0.2, 0) is 0 Å². The molecule has 0 spiro atoms. The molecule has 2 N–H and O–H groups in total. The molecule has 0 aromatic carbocycles. The van der Waals surface area contributed by atoms with Gasteiger partial charge in [0.25, 0.3) is 0 Å². The maximum Gasteiger partial charge on any atom is 0.225 e. The first-order chi connectivity index (χ1) is 14.1. The predicted octanol–water partition coefficient (Wildman–Crippen LogP) is 1.03. The molecule has 0 amide bonds. The first-order valence-electron chi connectivity index (χ1n) is 11.0. The number of anilines is 1. The summed E-state index contributed by atoms with van der Waals surface area (Å²) in [6.45, 7) is 13.9. The summed E-state index contributed by atoms with van der Waals surface area (Å²) >= 11 is 0. The van der Waals surface area contributed by atoms with Gasteiger partial charge in [-0.1, -0.05) is 6.42 Å². The van der Waals surface area contributed by atoms with Gasteiger partial charge in [-0.2, -0.15) is 0 Å². The fourth-order valence-electron chi connectivity index (χ4n) is 4.09. The lowest BCUT2D eigenvalue weighted by atomic mass is 9.98. The van der Waals surface area contributed by atoms with E-state index in [9.17, 15) is 0 Å². The molecule has 29 heavy (non-hydrogen) atoms. The monoisotopic (exact) mass is 402 g/mol. The van der Waals surface area contributed by atoms with Crippen molar-refractivity contribution in [3.05, 3.63) is 18.5 Å². The zero-order chi connectivity index (χ0) is 20.5. The first-order valence-corrected chi connectivity index (χ1v) is 11.0. The summed E-state index contributed by atoms with van der Waals surface area (Å²) in [7, 11) is 1.85. The molecule has 2 aliphatic heterocycles. The third-order valence-corrected chi connectivity index (χ3v) is 6.05. The number of hydrogen-bond acceptors (Lipinski definition) is 6. The second-order valence-electron chi connectivity index (χ2n) is 8.59. The van der Waals surface area contributed by atoms with Gasteiger partial charge in [-0.3, -0.25) is 14.8 Å². The molecule has 2 aliphatic rings. The average molecular weight is 403 g/mol. The van der Waals surface area contributed by atoms with Crippen molar-refractivity contribution in [1.82, 2.24) is 30.4 Å². The van der Waals surface area contributed by atoms with Crippen LogP contribution < -0.4 is 15.5 Å². The van der Waals surface area contributed by atoms with Crippen LogP contribution in [0.1, 0.15) is 33.1 Å². The van der Waals surface area contributed by atoms with Gasteiger partial charge in [0.15, 0.2) is 5.96 Å². The van der Waals surface area contributed by atoms with E-state index in [2.05, 4.69) is 54.1 Å². The van der Waals surface area contributed by atoms with E-state index in [-0.39, 0.29) is 5.54 Å². The number of guanidine groups is 1. The van der Waals surface area contributed by atoms with Crippen LogP contribution in [0.2, 0.25) is 0 Å². The van der Waals surface area contributed by atoms with E-state index in [0.29, 0.717) is 0 Å². The number of piperazine rings is 1. The van der Waals surface area contributed by atoms with Crippen LogP contribution in [0.15, 0.2) is 23.5 Å². The lowest BCUT2D eigenvalue weighted by molar-refractivity contribution is 0.0982. The molecule has 2 saturated heterocycles.